The van der Waals surface area contributed by atoms with Crippen LogP contribution in [0.2, 0.25) is 0 Å². The molecule has 1 unspecified atom stereocenters. The number of anilines is 1. The molecule has 0 amide bonds. The summed E-state index contributed by atoms with van der Waals surface area (Å²) >= 11 is 3.35. The van der Waals surface area contributed by atoms with Gasteiger partial charge in [-0.2, -0.15) is 0 Å². The van der Waals surface area contributed by atoms with E-state index in [1.54, 1.807) is 6.07 Å². The normalized spacial score (nSPS) is 16.9. The third-order valence-corrected chi connectivity index (χ3v) is 3.53. The summed E-state index contributed by atoms with van der Waals surface area (Å²) in [4.78, 5) is 10.2. The average molecular weight is 285 g/mol. The monoisotopic (exact) mass is 284 g/mol. The Bertz CT molecular complexity index is 418. The number of halogens is 1. The van der Waals surface area contributed by atoms with Crippen LogP contribution in [0.15, 0.2) is 22.7 Å². The molecule has 1 aliphatic rings. The molecule has 1 fully saturated rings. The highest BCUT2D eigenvalue weighted by molar-refractivity contribution is 9.10. The topological polar surface area (TPSA) is 55.2 Å². The molecule has 0 saturated heterocycles. The van der Waals surface area contributed by atoms with Gasteiger partial charge in [-0.3, -0.25) is 10.1 Å². The fraction of sp³-hybridized carbons (Fsp3) is 0.455. The number of nitrogens with one attached hydrogen (secondary N) is 1. The largest absolute Gasteiger partial charge is 0.381 e. The van der Waals surface area contributed by atoms with Crippen molar-refractivity contribution in [2.45, 2.75) is 25.8 Å². The van der Waals surface area contributed by atoms with Gasteiger partial charge in [0.15, 0.2) is 0 Å². The van der Waals surface area contributed by atoms with E-state index < -0.39 is 4.92 Å². The summed E-state index contributed by atoms with van der Waals surface area (Å²) in [6.07, 6.45) is 2.55. The van der Waals surface area contributed by atoms with Crippen molar-refractivity contribution in [1.82, 2.24) is 0 Å². The predicted molar refractivity (Wildman–Crippen MR) is 66.6 cm³/mol. The molecule has 1 atom stereocenters. The van der Waals surface area contributed by atoms with Crippen molar-refractivity contribution in [3.8, 4) is 0 Å². The second-order valence-corrected chi connectivity index (χ2v) is 5.05. The molecule has 86 valence electrons. The summed E-state index contributed by atoms with van der Waals surface area (Å²) in [5.74, 6) is 0.752. The molecule has 0 heterocycles. The van der Waals surface area contributed by atoms with Crippen LogP contribution in [0.25, 0.3) is 0 Å². The Morgan fingerprint density at radius 1 is 1.56 bits per heavy atom. The first kappa shape index (κ1) is 11.4. The molecule has 1 aliphatic carbocycles. The number of rotatable bonds is 4. The number of benzene rings is 1. The van der Waals surface area contributed by atoms with Crippen molar-refractivity contribution < 1.29 is 4.92 Å². The van der Waals surface area contributed by atoms with Gasteiger partial charge in [-0.05, 0) is 47.7 Å². The average Bonchev–Trinajstić information content (AvgIpc) is 3.03. The van der Waals surface area contributed by atoms with Gasteiger partial charge in [0, 0.05) is 28.3 Å². The van der Waals surface area contributed by atoms with E-state index in [0.717, 1.165) is 16.1 Å². The van der Waals surface area contributed by atoms with Crippen molar-refractivity contribution in [3.05, 3.63) is 32.8 Å². The van der Waals surface area contributed by atoms with E-state index in [-0.39, 0.29) is 5.69 Å². The molecule has 5 heteroatoms. The molecular formula is C11H13BrN2O2. The molecule has 0 aliphatic heterocycles. The van der Waals surface area contributed by atoms with E-state index in [4.69, 9.17) is 0 Å². The van der Waals surface area contributed by atoms with Crippen LogP contribution < -0.4 is 5.32 Å². The minimum absolute atomic E-state index is 0.108. The lowest BCUT2D eigenvalue weighted by Crippen LogP contribution is -2.17. The zero-order valence-electron chi connectivity index (χ0n) is 8.94. The van der Waals surface area contributed by atoms with Gasteiger partial charge >= 0.3 is 0 Å². The van der Waals surface area contributed by atoms with Crippen LogP contribution in [0.1, 0.15) is 19.8 Å². The van der Waals surface area contributed by atoms with Gasteiger partial charge in [-0.25, -0.2) is 0 Å². The second kappa shape index (κ2) is 4.41. The second-order valence-electron chi connectivity index (χ2n) is 4.19. The summed E-state index contributed by atoms with van der Waals surface area (Å²) in [5.41, 5.74) is 1.03. The van der Waals surface area contributed by atoms with Crippen molar-refractivity contribution in [1.29, 1.82) is 0 Å². The van der Waals surface area contributed by atoms with Gasteiger partial charge in [-0.1, -0.05) is 0 Å². The molecule has 1 saturated carbocycles. The van der Waals surface area contributed by atoms with E-state index in [0.29, 0.717) is 6.04 Å². The van der Waals surface area contributed by atoms with Crippen LogP contribution in [-0.4, -0.2) is 11.0 Å². The van der Waals surface area contributed by atoms with E-state index >= 15 is 0 Å². The van der Waals surface area contributed by atoms with Gasteiger partial charge < -0.3 is 5.32 Å². The minimum atomic E-state index is -0.390. The maximum atomic E-state index is 10.6. The van der Waals surface area contributed by atoms with E-state index in [9.17, 15) is 10.1 Å². The standard InChI is InChI=1S/C11H13BrN2O2/c1-7(8-2-3-8)13-11-5-4-9(14(15)16)6-10(11)12/h4-8,13H,2-3H2,1H3. The van der Waals surface area contributed by atoms with Crippen LogP contribution in [0.5, 0.6) is 0 Å². The highest BCUT2D eigenvalue weighted by Crippen LogP contribution is 2.35. The van der Waals surface area contributed by atoms with Gasteiger partial charge in [0.05, 0.1) is 4.92 Å². The fourth-order valence-corrected chi connectivity index (χ4v) is 2.18. The van der Waals surface area contributed by atoms with Crippen LogP contribution in [0.3, 0.4) is 0 Å². The Labute approximate surface area is 102 Å². The molecule has 2 rings (SSSR count). The molecule has 0 spiro atoms. The number of nitrogens with zero attached hydrogens (tertiary/aromatic N) is 1. The van der Waals surface area contributed by atoms with Crippen LogP contribution in [0.4, 0.5) is 11.4 Å². The van der Waals surface area contributed by atoms with E-state index in [1.807, 2.05) is 0 Å². The molecular weight excluding hydrogens is 272 g/mol. The number of hydrogen-bond donors (Lipinski definition) is 1. The molecule has 0 radical (unpaired) electrons. The SMILES string of the molecule is CC(Nc1ccc([N+](=O)[O-])cc1Br)C1CC1. The van der Waals surface area contributed by atoms with Crippen molar-refractivity contribution in [2.75, 3.05) is 5.32 Å². The molecule has 1 aromatic carbocycles. The van der Waals surface area contributed by atoms with Crippen molar-refractivity contribution >= 4 is 27.3 Å². The lowest BCUT2D eigenvalue weighted by molar-refractivity contribution is -0.384. The van der Waals surface area contributed by atoms with Gasteiger partial charge in [0.2, 0.25) is 0 Å². The maximum absolute atomic E-state index is 10.6. The first-order chi connectivity index (χ1) is 7.58. The summed E-state index contributed by atoms with van der Waals surface area (Å²) in [7, 11) is 0. The number of nitro benzene ring substituents is 1. The zero-order chi connectivity index (χ0) is 11.7. The quantitative estimate of drug-likeness (QED) is 0.679. The Balaban J connectivity index is 2.12. The number of hydrogen-bond acceptors (Lipinski definition) is 3. The highest BCUT2D eigenvalue weighted by atomic mass is 79.9. The van der Waals surface area contributed by atoms with E-state index in [1.165, 1.54) is 25.0 Å². The van der Waals surface area contributed by atoms with Crippen LogP contribution in [-0.2, 0) is 0 Å². The third-order valence-electron chi connectivity index (χ3n) is 2.88. The molecule has 4 nitrogen and oxygen atoms in total. The highest BCUT2D eigenvalue weighted by Gasteiger charge is 2.28. The lowest BCUT2D eigenvalue weighted by Gasteiger charge is -2.15. The summed E-state index contributed by atoms with van der Waals surface area (Å²) < 4.78 is 0.745. The van der Waals surface area contributed by atoms with Gasteiger partial charge in [0.1, 0.15) is 0 Å². The smallest absolute Gasteiger partial charge is 0.270 e. The fourth-order valence-electron chi connectivity index (χ4n) is 1.69. The summed E-state index contributed by atoms with van der Waals surface area (Å²) in [6.45, 7) is 2.14. The summed E-state index contributed by atoms with van der Waals surface area (Å²) in [5, 5.41) is 13.9. The molecule has 16 heavy (non-hydrogen) atoms. The Morgan fingerprint density at radius 2 is 2.25 bits per heavy atom. The predicted octanol–water partition coefficient (Wildman–Crippen LogP) is 3.57. The molecule has 1 N–H and O–H groups in total. The molecule has 1 aromatic rings. The summed E-state index contributed by atoms with van der Waals surface area (Å²) in [6, 6.07) is 5.23. The minimum Gasteiger partial charge on any atom is -0.381 e. The Hall–Kier alpha value is -1.10. The first-order valence-electron chi connectivity index (χ1n) is 5.28. The van der Waals surface area contributed by atoms with Crippen LogP contribution in [0, 0.1) is 16.0 Å². The Kier molecular flexibility index (Phi) is 3.14. The van der Waals surface area contributed by atoms with Crippen molar-refractivity contribution in [3.63, 3.8) is 0 Å². The van der Waals surface area contributed by atoms with Crippen molar-refractivity contribution in [2.24, 2.45) is 5.92 Å². The maximum Gasteiger partial charge on any atom is 0.270 e. The third kappa shape index (κ3) is 2.52. The molecule has 0 aromatic heterocycles. The number of nitro groups is 1. The Morgan fingerprint density at radius 3 is 2.75 bits per heavy atom. The van der Waals surface area contributed by atoms with Gasteiger partial charge in [-0.15, -0.1) is 0 Å². The van der Waals surface area contributed by atoms with Crippen LogP contribution >= 0.6 is 15.9 Å². The zero-order valence-corrected chi connectivity index (χ0v) is 10.5. The van der Waals surface area contributed by atoms with Gasteiger partial charge in [0.25, 0.3) is 5.69 Å². The number of non-ortho nitro benzene ring substituents is 1. The van der Waals surface area contributed by atoms with E-state index in [2.05, 4.69) is 28.2 Å². The lowest BCUT2D eigenvalue weighted by atomic mass is 10.2. The molecule has 0 bridgehead atoms. The first-order valence-corrected chi connectivity index (χ1v) is 6.07.